The molecule has 0 spiro atoms. The Balaban J connectivity index is 1.37. The molecular formula is C23H32N6O2. The van der Waals surface area contributed by atoms with Crippen molar-refractivity contribution >= 4 is 17.4 Å². The van der Waals surface area contributed by atoms with Crippen molar-refractivity contribution in [2.24, 2.45) is 0 Å². The van der Waals surface area contributed by atoms with Crippen LogP contribution in [0.15, 0.2) is 42.9 Å². The van der Waals surface area contributed by atoms with Crippen molar-refractivity contribution in [3.05, 3.63) is 48.4 Å². The molecule has 166 valence electrons. The van der Waals surface area contributed by atoms with Gasteiger partial charge in [-0.1, -0.05) is 0 Å². The van der Waals surface area contributed by atoms with Crippen LogP contribution in [0, 0.1) is 0 Å². The number of benzene rings is 1. The lowest BCUT2D eigenvalue weighted by Crippen LogP contribution is -2.54. The molecule has 3 heterocycles. The average molecular weight is 425 g/mol. The summed E-state index contributed by atoms with van der Waals surface area (Å²) in [4.78, 5) is 29.8. The number of carbonyl (C=O) groups is 1. The molecule has 2 aliphatic heterocycles. The van der Waals surface area contributed by atoms with Crippen LogP contribution in [0.3, 0.4) is 0 Å². The van der Waals surface area contributed by atoms with Crippen LogP contribution in [-0.4, -0.2) is 96.3 Å². The minimum atomic E-state index is -0.972. The van der Waals surface area contributed by atoms with Crippen molar-refractivity contribution in [1.82, 2.24) is 19.8 Å². The second kappa shape index (κ2) is 9.20. The Labute approximate surface area is 184 Å². The fourth-order valence-corrected chi connectivity index (χ4v) is 4.50. The van der Waals surface area contributed by atoms with Crippen LogP contribution in [0.25, 0.3) is 0 Å². The molecule has 1 amide bonds. The number of hydrogen-bond donors (Lipinski definition) is 1. The quantitative estimate of drug-likeness (QED) is 0.776. The van der Waals surface area contributed by atoms with Crippen molar-refractivity contribution in [2.75, 3.05) is 69.7 Å². The van der Waals surface area contributed by atoms with Gasteiger partial charge >= 0.3 is 0 Å². The van der Waals surface area contributed by atoms with Gasteiger partial charge in [0.25, 0.3) is 5.91 Å². The SMILES string of the molecule is CN1CCN(c2ccc(C(=O)N(C)C[C@]3(O)CCCN(c4cnccn4)C3)cc2)CC1. The molecule has 2 aromatic rings. The van der Waals surface area contributed by atoms with Crippen molar-refractivity contribution in [1.29, 1.82) is 0 Å². The summed E-state index contributed by atoms with van der Waals surface area (Å²) >= 11 is 0. The summed E-state index contributed by atoms with van der Waals surface area (Å²) < 4.78 is 0. The Morgan fingerprint density at radius 1 is 1.10 bits per heavy atom. The molecule has 2 aliphatic rings. The number of rotatable bonds is 5. The molecule has 1 N–H and O–H groups in total. The first kappa shape index (κ1) is 21.5. The van der Waals surface area contributed by atoms with E-state index >= 15 is 0 Å². The number of anilines is 2. The Morgan fingerprint density at radius 2 is 1.84 bits per heavy atom. The second-order valence-electron chi connectivity index (χ2n) is 8.81. The normalized spacial score (nSPS) is 22.4. The van der Waals surface area contributed by atoms with Crippen LogP contribution >= 0.6 is 0 Å². The average Bonchev–Trinajstić information content (AvgIpc) is 2.79. The number of β-amino-alcohol motifs (C(OH)–C–C–N with tert-alkyl or cyclic N) is 1. The van der Waals surface area contributed by atoms with Crippen LogP contribution in [0.2, 0.25) is 0 Å². The van der Waals surface area contributed by atoms with E-state index in [1.165, 1.54) is 0 Å². The maximum absolute atomic E-state index is 13.0. The van der Waals surface area contributed by atoms with Crippen molar-refractivity contribution in [2.45, 2.75) is 18.4 Å². The first-order valence-electron chi connectivity index (χ1n) is 11.0. The number of piperazine rings is 1. The fourth-order valence-electron chi connectivity index (χ4n) is 4.50. The standard InChI is InChI=1S/C23H32N6O2/c1-26-12-14-28(15-13-26)20-6-4-19(5-7-20)22(30)27(2)17-23(31)8-3-11-29(18-23)21-16-24-9-10-25-21/h4-7,9-10,16,31H,3,8,11-15,17-18H2,1-2H3/t23-/m1/s1. The number of hydrogen-bond acceptors (Lipinski definition) is 7. The molecule has 8 nitrogen and oxygen atoms in total. The first-order chi connectivity index (χ1) is 14.9. The largest absolute Gasteiger partial charge is 0.386 e. The summed E-state index contributed by atoms with van der Waals surface area (Å²) in [7, 11) is 3.90. The van der Waals surface area contributed by atoms with E-state index in [-0.39, 0.29) is 12.5 Å². The molecule has 0 unspecified atom stereocenters. The second-order valence-corrected chi connectivity index (χ2v) is 8.81. The first-order valence-corrected chi connectivity index (χ1v) is 11.0. The molecule has 0 bridgehead atoms. The lowest BCUT2D eigenvalue weighted by molar-refractivity contribution is -0.000144. The van der Waals surface area contributed by atoms with Crippen molar-refractivity contribution in [3.8, 4) is 0 Å². The minimum absolute atomic E-state index is 0.0741. The molecule has 8 heteroatoms. The van der Waals surface area contributed by atoms with E-state index in [0.717, 1.165) is 50.6 Å². The topological polar surface area (TPSA) is 76.0 Å². The van der Waals surface area contributed by atoms with Gasteiger partial charge < -0.3 is 24.7 Å². The summed E-state index contributed by atoms with van der Waals surface area (Å²) in [5.74, 6) is 0.684. The highest BCUT2D eigenvalue weighted by molar-refractivity contribution is 5.94. The molecule has 1 aromatic heterocycles. The molecule has 31 heavy (non-hydrogen) atoms. The third kappa shape index (κ3) is 5.14. The lowest BCUT2D eigenvalue weighted by atomic mass is 9.92. The van der Waals surface area contributed by atoms with E-state index in [4.69, 9.17) is 0 Å². The molecular weight excluding hydrogens is 392 g/mol. The van der Waals surface area contributed by atoms with Gasteiger partial charge in [-0.15, -0.1) is 0 Å². The van der Waals surface area contributed by atoms with Gasteiger partial charge in [-0.25, -0.2) is 4.98 Å². The fraction of sp³-hybridized carbons (Fsp3) is 0.522. The molecule has 0 aliphatic carbocycles. The van der Waals surface area contributed by atoms with Crippen LogP contribution in [0.1, 0.15) is 23.2 Å². The highest BCUT2D eigenvalue weighted by Gasteiger charge is 2.36. The smallest absolute Gasteiger partial charge is 0.253 e. The predicted octanol–water partition coefficient (Wildman–Crippen LogP) is 1.33. The molecule has 1 atom stereocenters. The Morgan fingerprint density at radius 3 is 2.52 bits per heavy atom. The van der Waals surface area contributed by atoms with Gasteiger partial charge in [0.1, 0.15) is 5.82 Å². The van der Waals surface area contributed by atoms with Gasteiger partial charge in [0.15, 0.2) is 0 Å². The van der Waals surface area contributed by atoms with Crippen molar-refractivity contribution < 1.29 is 9.90 Å². The highest BCUT2D eigenvalue weighted by Crippen LogP contribution is 2.26. The number of aliphatic hydroxyl groups is 1. The van der Waals surface area contributed by atoms with Gasteiger partial charge in [-0.05, 0) is 44.2 Å². The summed E-state index contributed by atoms with van der Waals surface area (Å²) in [6.07, 6.45) is 6.51. The number of amides is 1. The van der Waals surface area contributed by atoms with Gasteiger partial charge in [0.05, 0.1) is 18.3 Å². The van der Waals surface area contributed by atoms with Crippen LogP contribution in [0.4, 0.5) is 11.5 Å². The zero-order chi connectivity index (χ0) is 21.8. The van der Waals surface area contributed by atoms with Crippen LogP contribution in [-0.2, 0) is 0 Å². The number of likely N-dealkylation sites (N-methyl/N-ethyl adjacent to an activating group) is 2. The predicted molar refractivity (Wildman–Crippen MR) is 122 cm³/mol. The third-order valence-corrected chi connectivity index (χ3v) is 6.29. The maximum atomic E-state index is 13.0. The number of nitrogens with zero attached hydrogens (tertiary/aromatic N) is 6. The molecule has 1 aromatic carbocycles. The van der Waals surface area contributed by atoms with E-state index < -0.39 is 5.60 Å². The Kier molecular flexibility index (Phi) is 6.38. The number of aromatic nitrogens is 2. The summed E-state index contributed by atoms with van der Waals surface area (Å²) in [5, 5.41) is 11.2. The maximum Gasteiger partial charge on any atom is 0.253 e. The zero-order valence-electron chi connectivity index (χ0n) is 18.4. The number of piperidine rings is 1. The van der Waals surface area contributed by atoms with Gasteiger partial charge in [-0.3, -0.25) is 9.78 Å². The highest BCUT2D eigenvalue weighted by atomic mass is 16.3. The van der Waals surface area contributed by atoms with Crippen molar-refractivity contribution in [3.63, 3.8) is 0 Å². The van der Waals surface area contributed by atoms with E-state index in [0.29, 0.717) is 18.5 Å². The third-order valence-electron chi connectivity index (χ3n) is 6.29. The summed E-state index contributed by atoms with van der Waals surface area (Å²) in [6.45, 7) is 5.64. The van der Waals surface area contributed by atoms with E-state index in [9.17, 15) is 9.90 Å². The Bertz CT molecular complexity index is 869. The van der Waals surface area contributed by atoms with Gasteiger partial charge in [0, 0.05) is 70.0 Å². The Hall–Kier alpha value is -2.71. The summed E-state index contributed by atoms with van der Waals surface area (Å²) in [5.41, 5.74) is 0.823. The minimum Gasteiger partial charge on any atom is -0.386 e. The molecule has 2 saturated heterocycles. The van der Waals surface area contributed by atoms with Crippen LogP contribution < -0.4 is 9.80 Å². The number of carbonyl (C=O) groups excluding carboxylic acids is 1. The molecule has 0 saturated carbocycles. The van der Waals surface area contributed by atoms with E-state index in [1.807, 2.05) is 29.2 Å². The molecule has 2 fully saturated rings. The lowest BCUT2D eigenvalue weighted by Gasteiger charge is -2.41. The van der Waals surface area contributed by atoms with Gasteiger partial charge in [0.2, 0.25) is 0 Å². The monoisotopic (exact) mass is 424 g/mol. The zero-order valence-corrected chi connectivity index (χ0v) is 18.4. The van der Waals surface area contributed by atoms with Crippen LogP contribution in [0.5, 0.6) is 0 Å². The molecule has 4 rings (SSSR count). The molecule has 0 radical (unpaired) electrons. The van der Waals surface area contributed by atoms with E-state index in [1.54, 1.807) is 30.5 Å². The van der Waals surface area contributed by atoms with E-state index in [2.05, 4.69) is 26.8 Å². The van der Waals surface area contributed by atoms with Gasteiger partial charge in [-0.2, -0.15) is 0 Å². The summed E-state index contributed by atoms with van der Waals surface area (Å²) in [6, 6.07) is 7.83.